The second kappa shape index (κ2) is 4.95. The number of nitrogens with one attached hydrogen (secondary N) is 1. The number of halogens is 1. The van der Waals surface area contributed by atoms with Crippen molar-refractivity contribution in [2.24, 2.45) is 5.92 Å². The van der Waals surface area contributed by atoms with Gasteiger partial charge in [-0.25, -0.2) is 0 Å². The van der Waals surface area contributed by atoms with Gasteiger partial charge >= 0.3 is 0 Å². The van der Waals surface area contributed by atoms with Crippen LogP contribution in [0.2, 0.25) is 5.02 Å². The average Bonchev–Trinajstić information content (AvgIpc) is 2.63. The highest BCUT2D eigenvalue weighted by Gasteiger charge is 2.20. The summed E-state index contributed by atoms with van der Waals surface area (Å²) in [6.45, 7) is 3.18. The molecule has 1 N–H and O–H groups in total. The third-order valence-corrected chi connectivity index (χ3v) is 3.47. The first-order valence-electron chi connectivity index (χ1n) is 5.57. The summed E-state index contributed by atoms with van der Waals surface area (Å²) in [6, 6.07) is 2.65. The quantitative estimate of drug-likeness (QED) is 0.854. The van der Waals surface area contributed by atoms with Crippen molar-refractivity contribution in [3.63, 3.8) is 0 Å². The predicted octanol–water partition coefficient (Wildman–Crippen LogP) is 3.01. The molecule has 1 aromatic rings. The number of nitrogens with zero attached hydrogens (tertiary/aromatic N) is 1. The van der Waals surface area contributed by atoms with Gasteiger partial charge in [-0.15, -0.1) is 0 Å². The van der Waals surface area contributed by atoms with Crippen LogP contribution in [-0.2, 0) is 6.54 Å². The summed E-state index contributed by atoms with van der Waals surface area (Å²) in [5, 5.41) is 4.32. The van der Waals surface area contributed by atoms with Crippen LogP contribution in [0.25, 0.3) is 0 Å². The van der Waals surface area contributed by atoms with Crippen LogP contribution in [0.5, 0.6) is 0 Å². The molecule has 0 saturated heterocycles. The number of pyridine rings is 1. The van der Waals surface area contributed by atoms with Gasteiger partial charge in [0.2, 0.25) is 0 Å². The fraction of sp³-hybridized carbons (Fsp3) is 0.583. The van der Waals surface area contributed by atoms with E-state index in [0.29, 0.717) is 6.04 Å². The summed E-state index contributed by atoms with van der Waals surface area (Å²) in [4.78, 5) is 3.98. The van der Waals surface area contributed by atoms with Gasteiger partial charge in [-0.3, -0.25) is 4.98 Å². The number of hydrogen-bond acceptors (Lipinski definition) is 2. The third kappa shape index (κ3) is 2.93. The molecule has 1 fully saturated rings. The molecule has 0 aliphatic heterocycles. The summed E-state index contributed by atoms with van der Waals surface area (Å²) >= 11 is 6.04. The van der Waals surface area contributed by atoms with Gasteiger partial charge in [-0.05, 0) is 36.8 Å². The standard InChI is InChI=1S/C12H17ClN2/c1-9-2-3-11(6-9)15-7-10-4-5-14-8-12(10)13/h4-5,8-9,11,15H,2-3,6-7H2,1H3. The first-order chi connectivity index (χ1) is 7.25. The molecule has 1 saturated carbocycles. The molecule has 82 valence electrons. The minimum absolute atomic E-state index is 0.671. The first kappa shape index (κ1) is 10.9. The van der Waals surface area contributed by atoms with Crippen LogP contribution in [0, 0.1) is 5.92 Å². The topological polar surface area (TPSA) is 24.9 Å². The lowest BCUT2D eigenvalue weighted by atomic mass is 10.1. The van der Waals surface area contributed by atoms with Gasteiger partial charge in [-0.2, -0.15) is 0 Å². The maximum atomic E-state index is 6.04. The molecule has 1 heterocycles. The van der Waals surface area contributed by atoms with E-state index in [9.17, 15) is 0 Å². The van der Waals surface area contributed by atoms with Crippen molar-refractivity contribution in [3.8, 4) is 0 Å². The Morgan fingerprint density at radius 1 is 1.53 bits per heavy atom. The SMILES string of the molecule is CC1CCC(NCc2ccncc2Cl)C1. The molecule has 0 spiro atoms. The van der Waals surface area contributed by atoms with E-state index < -0.39 is 0 Å². The smallest absolute Gasteiger partial charge is 0.0634 e. The molecule has 0 bridgehead atoms. The van der Waals surface area contributed by atoms with Crippen LogP contribution in [-0.4, -0.2) is 11.0 Å². The molecule has 0 radical (unpaired) electrons. The van der Waals surface area contributed by atoms with E-state index in [-0.39, 0.29) is 0 Å². The molecule has 0 aromatic carbocycles. The Kier molecular flexibility index (Phi) is 3.60. The Labute approximate surface area is 96.1 Å². The van der Waals surface area contributed by atoms with Crippen molar-refractivity contribution in [1.29, 1.82) is 0 Å². The van der Waals surface area contributed by atoms with Crippen molar-refractivity contribution >= 4 is 11.6 Å². The normalized spacial score (nSPS) is 25.7. The zero-order valence-corrected chi connectivity index (χ0v) is 9.80. The van der Waals surface area contributed by atoms with Crippen LogP contribution < -0.4 is 5.32 Å². The highest BCUT2D eigenvalue weighted by atomic mass is 35.5. The predicted molar refractivity (Wildman–Crippen MR) is 62.9 cm³/mol. The van der Waals surface area contributed by atoms with Crippen molar-refractivity contribution in [3.05, 3.63) is 29.0 Å². The van der Waals surface area contributed by atoms with Crippen LogP contribution in [0.4, 0.5) is 0 Å². The van der Waals surface area contributed by atoms with Gasteiger partial charge in [0.15, 0.2) is 0 Å². The molecule has 1 aromatic heterocycles. The van der Waals surface area contributed by atoms with Crippen LogP contribution in [0.15, 0.2) is 18.5 Å². The number of rotatable bonds is 3. The molecule has 15 heavy (non-hydrogen) atoms. The average molecular weight is 225 g/mol. The highest BCUT2D eigenvalue weighted by Crippen LogP contribution is 2.25. The van der Waals surface area contributed by atoms with Crippen molar-refractivity contribution < 1.29 is 0 Å². The van der Waals surface area contributed by atoms with Gasteiger partial charge in [0.1, 0.15) is 0 Å². The van der Waals surface area contributed by atoms with Crippen molar-refractivity contribution in [2.45, 2.75) is 38.8 Å². The van der Waals surface area contributed by atoms with E-state index >= 15 is 0 Å². The second-order valence-corrected chi connectivity index (χ2v) is 4.87. The fourth-order valence-electron chi connectivity index (χ4n) is 2.19. The molecule has 2 nitrogen and oxygen atoms in total. The van der Waals surface area contributed by atoms with Crippen LogP contribution >= 0.6 is 11.6 Å². The second-order valence-electron chi connectivity index (χ2n) is 4.46. The lowest BCUT2D eigenvalue weighted by molar-refractivity contribution is 0.502. The summed E-state index contributed by atoms with van der Waals surface area (Å²) in [5.74, 6) is 0.871. The summed E-state index contributed by atoms with van der Waals surface area (Å²) in [7, 11) is 0. The Balaban J connectivity index is 1.86. The Morgan fingerprint density at radius 3 is 3.07 bits per heavy atom. The summed E-state index contributed by atoms with van der Waals surface area (Å²) < 4.78 is 0. The minimum Gasteiger partial charge on any atom is -0.310 e. The largest absolute Gasteiger partial charge is 0.310 e. The lowest BCUT2D eigenvalue weighted by Crippen LogP contribution is -2.25. The maximum absolute atomic E-state index is 6.04. The molecule has 2 atom stereocenters. The van der Waals surface area contributed by atoms with Crippen molar-refractivity contribution in [2.75, 3.05) is 0 Å². The van der Waals surface area contributed by atoms with Gasteiger partial charge in [-0.1, -0.05) is 18.5 Å². The van der Waals surface area contributed by atoms with Crippen LogP contribution in [0.3, 0.4) is 0 Å². The van der Waals surface area contributed by atoms with E-state index in [0.717, 1.165) is 23.0 Å². The molecule has 3 heteroatoms. The van der Waals surface area contributed by atoms with Crippen molar-refractivity contribution in [1.82, 2.24) is 10.3 Å². The monoisotopic (exact) mass is 224 g/mol. The molecule has 1 aliphatic rings. The third-order valence-electron chi connectivity index (χ3n) is 3.13. The first-order valence-corrected chi connectivity index (χ1v) is 5.95. The number of aromatic nitrogens is 1. The van der Waals surface area contributed by atoms with E-state index in [1.165, 1.54) is 19.3 Å². The maximum Gasteiger partial charge on any atom is 0.0634 e. The molecule has 0 amide bonds. The summed E-state index contributed by atoms with van der Waals surface area (Å²) in [6.07, 6.45) is 7.43. The van der Waals surface area contributed by atoms with E-state index in [1.807, 2.05) is 6.07 Å². The molecule has 1 aliphatic carbocycles. The molecular formula is C12H17ClN2. The Morgan fingerprint density at radius 2 is 2.40 bits per heavy atom. The van der Waals surface area contributed by atoms with Gasteiger partial charge in [0, 0.05) is 25.0 Å². The number of hydrogen-bond donors (Lipinski definition) is 1. The van der Waals surface area contributed by atoms with E-state index in [4.69, 9.17) is 11.6 Å². The van der Waals surface area contributed by atoms with Gasteiger partial charge < -0.3 is 5.32 Å². The molecular weight excluding hydrogens is 208 g/mol. The van der Waals surface area contributed by atoms with E-state index in [1.54, 1.807) is 12.4 Å². The Bertz CT molecular complexity index is 327. The summed E-state index contributed by atoms with van der Waals surface area (Å²) in [5.41, 5.74) is 1.14. The zero-order chi connectivity index (χ0) is 10.7. The zero-order valence-electron chi connectivity index (χ0n) is 9.04. The van der Waals surface area contributed by atoms with Gasteiger partial charge in [0.25, 0.3) is 0 Å². The lowest BCUT2D eigenvalue weighted by Gasteiger charge is -2.12. The minimum atomic E-state index is 0.671. The fourth-order valence-corrected chi connectivity index (χ4v) is 2.38. The molecule has 2 unspecified atom stereocenters. The Hall–Kier alpha value is -0.600. The van der Waals surface area contributed by atoms with E-state index in [2.05, 4.69) is 17.2 Å². The van der Waals surface area contributed by atoms with Gasteiger partial charge in [0.05, 0.1) is 5.02 Å². The molecule has 2 rings (SSSR count). The highest BCUT2D eigenvalue weighted by molar-refractivity contribution is 6.31. The van der Waals surface area contributed by atoms with Crippen LogP contribution in [0.1, 0.15) is 31.7 Å².